The Balaban J connectivity index is 2.33. The largest absolute Gasteiger partial charge is 0.497 e. The molecule has 118 valence electrons. The van der Waals surface area contributed by atoms with Crippen LogP contribution in [0.15, 0.2) is 58.3 Å². The zero-order valence-corrected chi connectivity index (χ0v) is 13.6. The van der Waals surface area contributed by atoms with Crippen molar-refractivity contribution in [2.45, 2.75) is 9.79 Å². The molecule has 0 fully saturated rings. The molecule has 0 aromatic heterocycles. The predicted octanol–water partition coefficient (Wildman–Crippen LogP) is 1.90. The lowest BCUT2D eigenvalue weighted by Gasteiger charge is -2.08. The lowest BCUT2D eigenvalue weighted by atomic mass is 10.3. The van der Waals surface area contributed by atoms with Crippen molar-refractivity contribution in [2.24, 2.45) is 0 Å². The van der Waals surface area contributed by atoms with E-state index in [1.165, 1.54) is 43.5 Å². The second kappa shape index (κ2) is 5.98. The Kier molecular flexibility index (Phi) is 4.43. The van der Waals surface area contributed by atoms with Gasteiger partial charge >= 0.3 is 0 Å². The molecule has 0 heterocycles. The first kappa shape index (κ1) is 16.3. The maximum absolute atomic E-state index is 12.5. The Morgan fingerprint density at radius 3 is 1.68 bits per heavy atom. The smallest absolute Gasteiger partial charge is 0.229 e. The maximum atomic E-state index is 12.5. The standard InChI is InChI=1S/C14H15NO5S2/c1-20-12-5-9-14(10-6-12)22(18,19)13-7-3-11(4-8-13)15-21(2,16)17/h3-10,15H,1-2H3. The molecule has 0 radical (unpaired) electrons. The summed E-state index contributed by atoms with van der Waals surface area (Å²) < 4.78 is 54.4. The van der Waals surface area contributed by atoms with Crippen LogP contribution in [-0.4, -0.2) is 30.2 Å². The van der Waals surface area contributed by atoms with Crippen LogP contribution in [0.4, 0.5) is 5.69 Å². The van der Waals surface area contributed by atoms with E-state index in [1.54, 1.807) is 12.1 Å². The molecule has 22 heavy (non-hydrogen) atoms. The normalized spacial score (nSPS) is 11.9. The van der Waals surface area contributed by atoms with Crippen LogP contribution in [0.2, 0.25) is 0 Å². The highest BCUT2D eigenvalue weighted by Crippen LogP contribution is 2.24. The Morgan fingerprint density at radius 2 is 1.27 bits per heavy atom. The molecule has 0 amide bonds. The fourth-order valence-corrected chi connectivity index (χ4v) is 3.63. The Bertz CT molecular complexity index is 854. The number of anilines is 1. The molecule has 0 aliphatic carbocycles. The van der Waals surface area contributed by atoms with Crippen molar-refractivity contribution in [2.75, 3.05) is 18.1 Å². The summed E-state index contributed by atoms with van der Waals surface area (Å²) in [5.74, 6) is 0.562. The minimum absolute atomic E-state index is 0.0803. The number of sulfone groups is 1. The van der Waals surface area contributed by atoms with Crippen molar-refractivity contribution >= 4 is 25.5 Å². The molecule has 0 unspecified atom stereocenters. The molecule has 2 aromatic rings. The van der Waals surface area contributed by atoms with E-state index in [0.717, 1.165) is 6.26 Å². The summed E-state index contributed by atoms with van der Waals surface area (Å²) in [5.41, 5.74) is 0.302. The highest BCUT2D eigenvalue weighted by atomic mass is 32.2. The highest BCUT2D eigenvalue weighted by molar-refractivity contribution is 7.92. The van der Waals surface area contributed by atoms with Crippen molar-refractivity contribution in [1.29, 1.82) is 0 Å². The minimum Gasteiger partial charge on any atom is -0.497 e. The minimum atomic E-state index is -3.66. The number of methoxy groups -OCH3 is 1. The monoisotopic (exact) mass is 341 g/mol. The van der Waals surface area contributed by atoms with Crippen LogP contribution < -0.4 is 9.46 Å². The zero-order chi connectivity index (χ0) is 16.4. The lowest BCUT2D eigenvalue weighted by molar-refractivity contribution is 0.414. The van der Waals surface area contributed by atoms with Gasteiger partial charge in [-0.1, -0.05) is 0 Å². The maximum Gasteiger partial charge on any atom is 0.229 e. The Morgan fingerprint density at radius 1 is 0.818 bits per heavy atom. The average molecular weight is 341 g/mol. The summed E-state index contributed by atoms with van der Waals surface area (Å²) in [6, 6.07) is 11.5. The molecule has 2 aromatic carbocycles. The third-order valence-corrected chi connectivity index (χ3v) is 5.23. The van der Waals surface area contributed by atoms with Gasteiger partial charge in [-0.2, -0.15) is 0 Å². The van der Waals surface area contributed by atoms with Gasteiger partial charge in [0.2, 0.25) is 19.9 Å². The predicted molar refractivity (Wildman–Crippen MR) is 83.4 cm³/mol. The van der Waals surface area contributed by atoms with E-state index in [1.807, 2.05) is 0 Å². The first-order valence-corrected chi connectivity index (χ1v) is 9.57. The van der Waals surface area contributed by atoms with Crippen molar-refractivity contribution in [1.82, 2.24) is 0 Å². The molecule has 1 N–H and O–H groups in total. The van der Waals surface area contributed by atoms with Crippen molar-refractivity contribution in [3.63, 3.8) is 0 Å². The SMILES string of the molecule is COc1ccc(S(=O)(=O)c2ccc(NS(C)(=O)=O)cc2)cc1. The molecule has 0 aliphatic rings. The van der Waals surface area contributed by atoms with E-state index < -0.39 is 19.9 Å². The number of benzene rings is 2. The van der Waals surface area contributed by atoms with Gasteiger partial charge in [-0.05, 0) is 48.5 Å². The Hall–Kier alpha value is -2.06. The Labute approximate surface area is 129 Å². The van der Waals surface area contributed by atoms with Crippen LogP contribution in [0.3, 0.4) is 0 Å². The van der Waals surface area contributed by atoms with Crippen LogP contribution in [0.1, 0.15) is 0 Å². The van der Waals surface area contributed by atoms with E-state index in [4.69, 9.17) is 4.74 Å². The van der Waals surface area contributed by atoms with Crippen LogP contribution in [0.5, 0.6) is 5.75 Å². The van der Waals surface area contributed by atoms with Crippen LogP contribution in [0.25, 0.3) is 0 Å². The van der Waals surface area contributed by atoms with E-state index in [0.29, 0.717) is 11.4 Å². The third kappa shape index (κ3) is 3.77. The molecule has 0 atom stereocenters. The van der Waals surface area contributed by atoms with Gasteiger partial charge in [-0.3, -0.25) is 4.72 Å². The first-order valence-electron chi connectivity index (χ1n) is 6.19. The van der Waals surface area contributed by atoms with Gasteiger partial charge in [0, 0.05) is 5.69 Å². The number of ether oxygens (including phenoxy) is 1. The molecule has 0 saturated carbocycles. The lowest BCUT2D eigenvalue weighted by Crippen LogP contribution is -2.09. The van der Waals surface area contributed by atoms with Crippen LogP contribution in [-0.2, 0) is 19.9 Å². The second-order valence-electron chi connectivity index (χ2n) is 4.58. The van der Waals surface area contributed by atoms with Gasteiger partial charge in [0.25, 0.3) is 0 Å². The molecular weight excluding hydrogens is 326 g/mol. The summed E-state index contributed by atoms with van der Waals surface area (Å²) in [4.78, 5) is 0.217. The summed E-state index contributed by atoms with van der Waals surface area (Å²) in [6.07, 6.45) is 1.02. The number of hydrogen-bond donors (Lipinski definition) is 1. The van der Waals surface area contributed by atoms with Crippen LogP contribution >= 0.6 is 0 Å². The molecule has 2 rings (SSSR count). The van der Waals surface area contributed by atoms with Crippen molar-refractivity contribution < 1.29 is 21.6 Å². The van der Waals surface area contributed by atoms with Gasteiger partial charge in [0.15, 0.2) is 0 Å². The van der Waals surface area contributed by atoms with Crippen molar-refractivity contribution in [3.8, 4) is 5.75 Å². The van der Waals surface area contributed by atoms with Crippen LogP contribution in [0, 0.1) is 0 Å². The summed E-state index contributed by atoms with van der Waals surface area (Å²) in [7, 11) is -5.56. The van der Waals surface area contributed by atoms with E-state index in [2.05, 4.69) is 4.72 Å². The molecule has 6 nitrogen and oxygen atoms in total. The van der Waals surface area contributed by atoms with Gasteiger partial charge < -0.3 is 4.74 Å². The van der Waals surface area contributed by atoms with Gasteiger partial charge in [-0.15, -0.1) is 0 Å². The molecule has 0 bridgehead atoms. The summed E-state index contributed by atoms with van der Waals surface area (Å²) in [5, 5.41) is 0. The van der Waals surface area contributed by atoms with E-state index in [-0.39, 0.29) is 9.79 Å². The molecule has 0 saturated heterocycles. The summed E-state index contributed by atoms with van der Waals surface area (Å²) >= 11 is 0. The summed E-state index contributed by atoms with van der Waals surface area (Å²) in [6.45, 7) is 0. The third-order valence-electron chi connectivity index (χ3n) is 2.84. The quantitative estimate of drug-likeness (QED) is 0.897. The first-order chi connectivity index (χ1) is 10.2. The van der Waals surface area contributed by atoms with Gasteiger partial charge in [0.05, 0.1) is 23.2 Å². The molecular formula is C14H15NO5S2. The average Bonchev–Trinajstić information content (AvgIpc) is 2.46. The number of rotatable bonds is 5. The zero-order valence-electron chi connectivity index (χ0n) is 12.0. The highest BCUT2D eigenvalue weighted by Gasteiger charge is 2.17. The topological polar surface area (TPSA) is 89.5 Å². The number of sulfonamides is 1. The fourth-order valence-electron chi connectivity index (χ4n) is 1.81. The molecule has 0 aliphatic heterocycles. The van der Waals surface area contributed by atoms with E-state index in [9.17, 15) is 16.8 Å². The molecule has 0 spiro atoms. The van der Waals surface area contributed by atoms with E-state index >= 15 is 0 Å². The second-order valence-corrected chi connectivity index (χ2v) is 8.28. The van der Waals surface area contributed by atoms with Crippen molar-refractivity contribution in [3.05, 3.63) is 48.5 Å². The molecule has 8 heteroatoms. The number of hydrogen-bond acceptors (Lipinski definition) is 5. The van der Waals surface area contributed by atoms with Gasteiger partial charge in [0.1, 0.15) is 5.75 Å². The van der Waals surface area contributed by atoms with Gasteiger partial charge in [-0.25, -0.2) is 16.8 Å². The fraction of sp³-hybridized carbons (Fsp3) is 0.143. The number of nitrogens with one attached hydrogen (secondary N) is 1.